The molecule has 1 aliphatic rings. The maximum atomic E-state index is 11.7. The van der Waals surface area contributed by atoms with Gasteiger partial charge >= 0.3 is 0 Å². The molecule has 0 aromatic carbocycles. The molecule has 1 rings (SSSR count). The standard InChI is InChI=1S/C14H27NO3/c1-4-14(17,5-2)10-15-13(16)9-11-7-12(8-11)18-6-3/h11-12,17H,4-10H2,1-3H3,(H,15,16). The smallest absolute Gasteiger partial charge is 0.220 e. The summed E-state index contributed by atoms with van der Waals surface area (Å²) in [4.78, 5) is 11.7. The molecule has 0 heterocycles. The van der Waals surface area contributed by atoms with Crippen molar-refractivity contribution in [2.24, 2.45) is 5.92 Å². The van der Waals surface area contributed by atoms with E-state index < -0.39 is 5.60 Å². The Morgan fingerprint density at radius 3 is 2.44 bits per heavy atom. The van der Waals surface area contributed by atoms with Crippen LogP contribution in [0.25, 0.3) is 0 Å². The maximum absolute atomic E-state index is 11.7. The summed E-state index contributed by atoms with van der Waals surface area (Å²) in [5.74, 6) is 0.508. The minimum atomic E-state index is -0.747. The maximum Gasteiger partial charge on any atom is 0.220 e. The number of ether oxygens (including phenoxy) is 1. The summed E-state index contributed by atoms with van der Waals surface area (Å²) in [5, 5.41) is 12.9. The minimum absolute atomic E-state index is 0.0512. The lowest BCUT2D eigenvalue weighted by Gasteiger charge is -2.34. The number of hydrogen-bond acceptors (Lipinski definition) is 3. The zero-order valence-corrected chi connectivity index (χ0v) is 11.9. The van der Waals surface area contributed by atoms with E-state index in [0.717, 1.165) is 19.4 Å². The Hall–Kier alpha value is -0.610. The van der Waals surface area contributed by atoms with Gasteiger partial charge in [0.05, 0.1) is 11.7 Å². The van der Waals surface area contributed by atoms with E-state index in [9.17, 15) is 9.90 Å². The Labute approximate surface area is 110 Å². The number of amides is 1. The van der Waals surface area contributed by atoms with E-state index in [-0.39, 0.29) is 5.91 Å². The van der Waals surface area contributed by atoms with Crippen molar-refractivity contribution in [2.75, 3.05) is 13.2 Å². The highest BCUT2D eigenvalue weighted by atomic mass is 16.5. The summed E-state index contributed by atoms with van der Waals surface area (Å²) < 4.78 is 5.47. The van der Waals surface area contributed by atoms with Crippen molar-refractivity contribution in [1.82, 2.24) is 5.32 Å². The van der Waals surface area contributed by atoms with Crippen molar-refractivity contribution in [1.29, 1.82) is 0 Å². The van der Waals surface area contributed by atoms with Crippen molar-refractivity contribution in [3.8, 4) is 0 Å². The molecule has 4 heteroatoms. The molecular formula is C14H27NO3. The summed E-state index contributed by atoms with van der Waals surface area (Å²) in [6, 6.07) is 0. The number of nitrogens with one attached hydrogen (secondary N) is 1. The molecule has 2 N–H and O–H groups in total. The summed E-state index contributed by atoms with van der Waals surface area (Å²) in [5.41, 5.74) is -0.747. The Morgan fingerprint density at radius 1 is 1.33 bits per heavy atom. The summed E-state index contributed by atoms with van der Waals surface area (Å²) in [6.45, 7) is 6.99. The third-order valence-electron chi connectivity index (χ3n) is 4.00. The van der Waals surface area contributed by atoms with Gasteiger partial charge < -0.3 is 15.2 Å². The number of carbonyl (C=O) groups excluding carboxylic acids is 1. The van der Waals surface area contributed by atoms with E-state index >= 15 is 0 Å². The Bertz CT molecular complexity index is 258. The highest BCUT2D eigenvalue weighted by molar-refractivity contribution is 5.76. The molecule has 0 radical (unpaired) electrons. The first kappa shape index (κ1) is 15.4. The third-order valence-corrected chi connectivity index (χ3v) is 4.00. The van der Waals surface area contributed by atoms with Crippen molar-refractivity contribution >= 4 is 5.91 Å². The van der Waals surface area contributed by atoms with Crippen molar-refractivity contribution in [3.63, 3.8) is 0 Å². The average molecular weight is 257 g/mol. The van der Waals surface area contributed by atoms with Crippen LogP contribution in [0.1, 0.15) is 52.9 Å². The zero-order chi connectivity index (χ0) is 13.6. The molecule has 4 nitrogen and oxygen atoms in total. The predicted molar refractivity (Wildman–Crippen MR) is 71.3 cm³/mol. The van der Waals surface area contributed by atoms with Crippen molar-refractivity contribution in [3.05, 3.63) is 0 Å². The second kappa shape index (κ2) is 7.10. The van der Waals surface area contributed by atoms with E-state index in [1.165, 1.54) is 0 Å². The van der Waals surface area contributed by atoms with Gasteiger partial charge in [0.1, 0.15) is 0 Å². The fraction of sp³-hybridized carbons (Fsp3) is 0.929. The van der Waals surface area contributed by atoms with Crippen LogP contribution in [0.15, 0.2) is 0 Å². The summed E-state index contributed by atoms with van der Waals surface area (Å²) in [7, 11) is 0. The molecule has 0 aromatic rings. The van der Waals surface area contributed by atoms with Gasteiger partial charge in [-0.3, -0.25) is 4.79 Å². The molecule has 0 bridgehead atoms. The van der Waals surface area contributed by atoms with Gasteiger partial charge in [0.15, 0.2) is 0 Å². The number of rotatable bonds is 8. The van der Waals surface area contributed by atoms with Gasteiger partial charge in [-0.05, 0) is 38.5 Å². The lowest BCUT2D eigenvalue weighted by molar-refractivity contribution is -0.125. The van der Waals surface area contributed by atoms with Crippen LogP contribution in [0.5, 0.6) is 0 Å². The largest absolute Gasteiger partial charge is 0.388 e. The highest BCUT2D eigenvalue weighted by Crippen LogP contribution is 2.32. The fourth-order valence-electron chi connectivity index (χ4n) is 2.31. The predicted octanol–water partition coefficient (Wildman–Crippen LogP) is 1.86. The van der Waals surface area contributed by atoms with Crippen LogP contribution >= 0.6 is 0 Å². The van der Waals surface area contributed by atoms with Gasteiger partial charge in [0.25, 0.3) is 0 Å². The normalized spacial score (nSPS) is 23.6. The third kappa shape index (κ3) is 4.58. The second-order valence-electron chi connectivity index (χ2n) is 5.33. The molecule has 18 heavy (non-hydrogen) atoms. The summed E-state index contributed by atoms with van der Waals surface area (Å²) in [6.07, 6.45) is 4.24. The molecule has 0 atom stereocenters. The monoisotopic (exact) mass is 257 g/mol. The van der Waals surface area contributed by atoms with Gasteiger partial charge in [0.2, 0.25) is 5.91 Å². The van der Waals surface area contributed by atoms with Crippen molar-refractivity contribution < 1.29 is 14.6 Å². The van der Waals surface area contributed by atoms with Crippen LogP contribution in [0.3, 0.4) is 0 Å². The van der Waals surface area contributed by atoms with Crippen LogP contribution in [-0.4, -0.2) is 35.9 Å². The lowest BCUT2D eigenvalue weighted by atomic mass is 9.80. The van der Waals surface area contributed by atoms with Crippen LogP contribution in [-0.2, 0) is 9.53 Å². The van der Waals surface area contributed by atoms with Crippen LogP contribution in [0.4, 0.5) is 0 Å². The van der Waals surface area contributed by atoms with Crippen LogP contribution in [0.2, 0.25) is 0 Å². The summed E-state index contributed by atoms with van der Waals surface area (Å²) >= 11 is 0. The number of aliphatic hydroxyl groups is 1. The van der Waals surface area contributed by atoms with E-state index in [0.29, 0.717) is 37.8 Å². The van der Waals surface area contributed by atoms with Crippen molar-refractivity contribution in [2.45, 2.75) is 64.6 Å². The highest BCUT2D eigenvalue weighted by Gasteiger charge is 2.31. The molecule has 1 fully saturated rings. The molecule has 1 amide bonds. The fourth-order valence-corrected chi connectivity index (χ4v) is 2.31. The van der Waals surface area contributed by atoms with Gasteiger partial charge in [-0.25, -0.2) is 0 Å². The lowest BCUT2D eigenvalue weighted by Crippen LogP contribution is -2.43. The zero-order valence-electron chi connectivity index (χ0n) is 11.9. The van der Waals surface area contributed by atoms with E-state index in [4.69, 9.17) is 4.74 Å². The molecule has 0 aliphatic heterocycles. The average Bonchev–Trinajstić information content (AvgIpc) is 2.33. The first-order valence-corrected chi connectivity index (χ1v) is 7.13. The van der Waals surface area contributed by atoms with Crippen LogP contribution in [0, 0.1) is 5.92 Å². The quantitative estimate of drug-likeness (QED) is 0.698. The Balaban J connectivity index is 2.15. The topological polar surface area (TPSA) is 58.6 Å². The minimum Gasteiger partial charge on any atom is -0.388 e. The second-order valence-corrected chi connectivity index (χ2v) is 5.33. The van der Waals surface area contributed by atoms with Gasteiger partial charge in [-0.2, -0.15) is 0 Å². The molecular weight excluding hydrogens is 230 g/mol. The molecule has 1 aliphatic carbocycles. The van der Waals surface area contributed by atoms with Gasteiger partial charge in [-0.15, -0.1) is 0 Å². The molecule has 0 saturated heterocycles. The van der Waals surface area contributed by atoms with E-state index in [2.05, 4.69) is 5.32 Å². The molecule has 0 spiro atoms. The molecule has 1 saturated carbocycles. The van der Waals surface area contributed by atoms with Crippen LogP contribution < -0.4 is 5.32 Å². The van der Waals surface area contributed by atoms with E-state index in [1.54, 1.807) is 0 Å². The first-order chi connectivity index (χ1) is 8.53. The van der Waals surface area contributed by atoms with Gasteiger partial charge in [0, 0.05) is 19.6 Å². The Kier molecular flexibility index (Phi) is 6.09. The first-order valence-electron chi connectivity index (χ1n) is 7.13. The molecule has 0 unspecified atom stereocenters. The number of hydrogen-bond donors (Lipinski definition) is 2. The SMILES string of the molecule is CCOC1CC(CC(=O)NCC(O)(CC)CC)C1. The number of carbonyl (C=O) groups is 1. The molecule has 106 valence electrons. The van der Waals surface area contributed by atoms with E-state index in [1.807, 2.05) is 20.8 Å². The Morgan fingerprint density at radius 2 is 1.94 bits per heavy atom. The van der Waals surface area contributed by atoms with Gasteiger partial charge in [-0.1, -0.05) is 13.8 Å². The molecule has 0 aromatic heterocycles.